The summed E-state index contributed by atoms with van der Waals surface area (Å²) >= 11 is 0. The number of hydrogen-bond acceptors (Lipinski definition) is 2. The number of fused-ring (bicyclic) bond motifs is 1. The number of halogens is 4. The van der Waals surface area contributed by atoms with Gasteiger partial charge in [-0.25, -0.2) is 0 Å². The van der Waals surface area contributed by atoms with Crippen LogP contribution in [0.1, 0.15) is 23.6 Å². The summed E-state index contributed by atoms with van der Waals surface area (Å²) in [5.41, 5.74) is 8.79. The quantitative estimate of drug-likeness (QED) is 0.849. The molecule has 1 aliphatic rings. The van der Waals surface area contributed by atoms with E-state index in [2.05, 4.69) is 0 Å². The highest BCUT2D eigenvalue weighted by molar-refractivity contribution is 5.85. The van der Waals surface area contributed by atoms with Gasteiger partial charge in [0.1, 0.15) is 0 Å². The zero-order valence-electron chi connectivity index (χ0n) is 14.2. The van der Waals surface area contributed by atoms with Gasteiger partial charge in [0.25, 0.3) is 0 Å². The maximum Gasteiger partial charge on any atom is 0.416 e. The summed E-state index contributed by atoms with van der Waals surface area (Å²) < 4.78 is 38.0. The summed E-state index contributed by atoms with van der Waals surface area (Å²) in [4.78, 5) is 13.8. The number of benzene rings is 2. The van der Waals surface area contributed by atoms with Crippen LogP contribution in [0.3, 0.4) is 0 Å². The second-order valence-corrected chi connectivity index (χ2v) is 6.36. The summed E-state index contributed by atoms with van der Waals surface area (Å²) in [6.45, 7) is 2.79. The average Bonchev–Trinajstić information content (AvgIpc) is 2.59. The van der Waals surface area contributed by atoms with E-state index in [4.69, 9.17) is 5.73 Å². The van der Waals surface area contributed by atoms with Gasteiger partial charge in [0, 0.05) is 13.1 Å². The third-order valence-corrected chi connectivity index (χ3v) is 4.47. The van der Waals surface area contributed by atoms with E-state index in [0.29, 0.717) is 19.5 Å². The van der Waals surface area contributed by atoms with Gasteiger partial charge in [-0.05, 0) is 47.7 Å². The van der Waals surface area contributed by atoms with E-state index >= 15 is 0 Å². The second-order valence-electron chi connectivity index (χ2n) is 6.36. The molecule has 0 fully saturated rings. The molecule has 3 rings (SSSR count). The maximum absolute atomic E-state index is 12.7. The Balaban J connectivity index is 0.00000243. The van der Waals surface area contributed by atoms with E-state index in [0.717, 1.165) is 34.4 Å². The average molecular weight is 385 g/mol. The Morgan fingerprint density at radius 2 is 1.69 bits per heavy atom. The highest BCUT2D eigenvalue weighted by atomic mass is 35.5. The number of hydrogen-bond donors (Lipinski definition) is 1. The molecule has 26 heavy (non-hydrogen) atoms. The van der Waals surface area contributed by atoms with Crippen molar-refractivity contribution in [2.45, 2.75) is 32.1 Å². The number of nitrogens with two attached hydrogens (primary N) is 1. The van der Waals surface area contributed by atoms with Crippen molar-refractivity contribution in [2.75, 3.05) is 6.54 Å². The molecule has 0 saturated carbocycles. The van der Waals surface area contributed by atoms with Gasteiger partial charge in [0.05, 0.1) is 11.6 Å². The van der Waals surface area contributed by atoms with Gasteiger partial charge in [-0.3, -0.25) is 4.79 Å². The Morgan fingerprint density at radius 1 is 1.08 bits per heavy atom. The smallest absolute Gasteiger partial charge is 0.337 e. The lowest BCUT2D eigenvalue weighted by atomic mass is 9.94. The predicted octanol–water partition coefficient (Wildman–Crippen LogP) is 4.03. The van der Waals surface area contributed by atoms with E-state index in [1.165, 1.54) is 12.1 Å². The third-order valence-electron chi connectivity index (χ3n) is 4.47. The van der Waals surface area contributed by atoms with Crippen molar-refractivity contribution in [2.24, 2.45) is 5.73 Å². The van der Waals surface area contributed by atoms with Crippen molar-refractivity contribution in [3.8, 4) is 11.1 Å². The second kappa shape index (κ2) is 7.68. The van der Waals surface area contributed by atoms with Crippen molar-refractivity contribution < 1.29 is 18.0 Å². The van der Waals surface area contributed by atoms with Crippen LogP contribution in [0.25, 0.3) is 11.1 Å². The molecule has 1 aliphatic heterocycles. The number of amides is 1. The molecule has 0 bridgehead atoms. The number of carbonyl (C=O) groups excluding carboxylic acids is 1. The number of carbonyl (C=O) groups is 1. The van der Waals surface area contributed by atoms with Crippen LogP contribution >= 0.6 is 12.4 Å². The van der Waals surface area contributed by atoms with Crippen LogP contribution in [0.15, 0.2) is 42.5 Å². The first-order valence-electron chi connectivity index (χ1n) is 8.09. The molecule has 0 spiro atoms. The molecule has 2 aromatic carbocycles. The molecule has 0 saturated heterocycles. The molecule has 7 heteroatoms. The Hall–Kier alpha value is -2.05. The molecular formula is C19H20ClF3N2O. The van der Waals surface area contributed by atoms with Gasteiger partial charge >= 0.3 is 6.18 Å². The summed E-state index contributed by atoms with van der Waals surface area (Å²) in [6, 6.07) is 10.4. The Labute approximate surface area is 156 Å². The fraction of sp³-hybridized carbons (Fsp3) is 0.316. The van der Waals surface area contributed by atoms with Crippen molar-refractivity contribution >= 4 is 18.3 Å². The normalized spacial score (nSPS) is 15.0. The van der Waals surface area contributed by atoms with Crippen molar-refractivity contribution in [1.29, 1.82) is 0 Å². The van der Waals surface area contributed by atoms with Crippen LogP contribution in [-0.4, -0.2) is 23.4 Å². The SMILES string of the molecule is C[C@H](N)C(=O)N1CCc2cc(-c3ccc(C(F)(F)F)cc3)ccc2C1.Cl. The highest BCUT2D eigenvalue weighted by Gasteiger charge is 2.30. The highest BCUT2D eigenvalue weighted by Crippen LogP contribution is 2.32. The minimum absolute atomic E-state index is 0. The van der Waals surface area contributed by atoms with Gasteiger partial charge in [-0.1, -0.05) is 30.3 Å². The molecule has 0 aliphatic carbocycles. The summed E-state index contributed by atoms with van der Waals surface area (Å²) in [5, 5.41) is 0. The van der Waals surface area contributed by atoms with Crippen LogP contribution < -0.4 is 5.73 Å². The first-order chi connectivity index (χ1) is 11.8. The summed E-state index contributed by atoms with van der Waals surface area (Å²) in [7, 11) is 0. The standard InChI is InChI=1S/C19H19F3N2O.ClH/c1-12(23)18(25)24-9-8-15-10-14(2-3-16(15)11-24)13-4-6-17(7-5-13)19(20,21)22;/h2-7,10,12H,8-9,11,23H2,1H3;1H/t12-;/m0./s1. The van der Waals surface area contributed by atoms with Crippen LogP contribution in [0, 0.1) is 0 Å². The summed E-state index contributed by atoms with van der Waals surface area (Å²) in [5.74, 6) is -0.0718. The number of nitrogens with zero attached hydrogens (tertiary/aromatic N) is 1. The lowest BCUT2D eigenvalue weighted by Gasteiger charge is -2.30. The van der Waals surface area contributed by atoms with Crippen LogP contribution in [0.2, 0.25) is 0 Å². The molecule has 1 heterocycles. The molecule has 0 radical (unpaired) electrons. The molecule has 0 aromatic heterocycles. The zero-order chi connectivity index (χ0) is 18.2. The van der Waals surface area contributed by atoms with E-state index in [-0.39, 0.29) is 18.3 Å². The third kappa shape index (κ3) is 4.19. The van der Waals surface area contributed by atoms with Crippen LogP contribution in [0.4, 0.5) is 13.2 Å². The molecule has 1 amide bonds. The molecule has 0 unspecified atom stereocenters. The minimum atomic E-state index is -4.33. The molecule has 1 atom stereocenters. The van der Waals surface area contributed by atoms with Crippen molar-refractivity contribution in [3.05, 3.63) is 59.2 Å². The van der Waals surface area contributed by atoms with E-state index in [1.807, 2.05) is 18.2 Å². The summed E-state index contributed by atoms with van der Waals surface area (Å²) in [6.07, 6.45) is -3.62. The maximum atomic E-state index is 12.7. The Kier molecular flexibility index (Phi) is 5.98. The topological polar surface area (TPSA) is 46.3 Å². The van der Waals surface area contributed by atoms with Gasteiger partial charge < -0.3 is 10.6 Å². The van der Waals surface area contributed by atoms with Gasteiger partial charge in [0.15, 0.2) is 0 Å². The first-order valence-corrected chi connectivity index (χ1v) is 8.09. The van der Waals surface area contributed by atoms with Crippen molar-refractivity contribution in [3.63, 3.8) is 0 Å². The fourth-order valence-corrected chi connectivity index (χ4v) is 3.06. The number of rotatable bonds is 2. The predicted molar refractivity (Wildman–Crippen MR) is 96.9 cm³/mol. The van der Waals surface area contributed by atoms with E-state index in [1.54, 1.807) is 11.8 Å². The zero-order valence-corrected chi connectivity index (χ0v) is 15.0. The largest absolute Gasteiger partial charge is 0.416 e. The van der Waals surface area contributed by atoms with Gasteiger partial charge in [-0.2, -0.15) is 13.2 Å². The van der Waals surface area contributed by atoms with E-state index < -0.39 is 17.8 Å². The van der Waals surface area contributed by atoms with Gasteiger partial charge in [-0.15, -0.1) is 12.4 Å². The Bertz CT molecular complexity index is 788. The first kappa shape index (κ1) is 20.3. The minimum Gasteiger partial charge on any atom is -0.337 e. The fourth-order valence-electron chi connectivity index (χ4n) is 3.06. The van der Waals surface area contributed by atoms with Crippen molar-refractivity contribution in [1.82, 2.24) is 4.90 Å². The number of alkyl halides is 3. The molecule has 2 N–H and O–H groups in total. The van der Waals surface area contributed by atoms with Crippen LogP contribution in [-0.2, 0) is 23.9 Å². The Morgan fingerprint density at radius 3 is 2.27 bits per heavy atom. The van der Waals surface area contributed by atoms with E-state index in [9.17, 15) is 18.0 Å². The van der Waals surface area contributed by atoms with Crippen LogP contribution in [0.5, 0.6) is 0 Å². The van der Waals surface area contributed by atoms with Gasteiger partial charge in [0.2, 0.25) is 5.91 Å². The molecule has 140 valence electrons. The lowest BCUT2D eigenvalue weighted by Crippen LogP contribution is -2.44. The molecule has 2 aromatic rings. The molecule has 3 nitrogen and oxygen atoms in total. The lowest BCUT2D eigenvalue weighted by molar-refractivity contribution is -0.137. The molecular weight excluding hydrogens is 365 g/mol. The monoisotopic (exact) mass is 384 g/mol.